The van der Waals surface area contributed by atoms with Gasteiger partial charge in [-0.15, -0.1) is 0 Å². The maximum absolute atomic E-state index is 13.7. The van der Waals surface area contributed by atoms with Crippen LogP contribution < -0.4 is 10.9 Å². The van der Waals surface area contributed by atoms with Crippen LogP contribution in [0.15, 0.2) is 58.5 Å². The topological polar surface area (TPSA) is 64.0 Å². The van der Waals surface area contributed by atoms with Gasteiger partial charge >= 0.3 is 0 Å². The fourth-order valence-electron chi connectivity index (χ4n) is 2.31. The number of hydrogen-bond acceptors (Lipinski definition) is 4. The molecule has 0 saturated carbocycles. The number of nitrogens with zero attached hydrogens (tertiary/aromatic N) is 2. The van der Waals surface area contributed by atoms with Crippen molar-refractivity contribution in [1.82, 2.24) is 9.55 Å². The van der Waals surface area contributed by atoms with Crippen LogP contribution in [0.25, 0.3) is 10.9 Å². The van der Waals surface area contributed by atoms with Crippen molar-refractivity contribution in [2.45, 2.75) is 17.3 Å². The van der Waals surface area contributed by atoms with E-state index < -0.39 is 11.1 Å². The monoisotopic (exact) mass is 357 g/mol. The summed E-state index contributed by atoms with van der Waals surface area (Å²) < 4.78 is 15.1. The predicted octanol–water partition coefficient (Wildman–Crippen LogP) is 3.19. The maximum atomic E-state index is 13.7. The van der Waals surface area contributed by atoms with Crippen molar-refractivity contribution in [1.29, 1.82) is 0 Å². The van der Waals surface area contributed by atoms with Gasteiger partial charge in [0.05, 0.1) is 21.8 Å². The van der Waals surface area contributed by atoms with Crippen molar-refractivity contribution in [2.75, 3.05) is 5.32 Å². The number of rotatable bonds is 4. The van der Waals surface area contributed by atoms with Gasteiger partial charge in [0.25, 0.3) is 5.56 Å². The molecule has 2 aromatic carbocycles. The molecule has 0 bridgehead atoms. The summed E-state index contributed by atoms with van der Waals surface area (Å²) in [6.45, 7) is 1.68. The van der Waals surface area contributed by atoms with Crippen molar-refractivity contribution in [3.05, 3.63) is 64.7 Å². The van der Waals surface area contributed by atoms with Gasteiger partial charge in [-0.2, -0.15) is 0 Å². The van der Waals surface area contributed by atoms with E-state index in [-0.39, 0.29) is 17.2 Å². The number of carbonyl (C=O) groups excluding carboxylic acids is 1. The largest absolute Gasteiger partial charge is 0.323 e. The molecule has 5 nitrogen and oxygen atoms in total. The van der Waals surface area contributed by atoms with Crippen molar-refractivity contribution in [3.63, 3.8) is 0 Å². The van der Waals surface area contributed by atoms with Crippen molar-refractivity contribution in [3.8, 4) is 0 Å². The second-order valence-electron chi connectivity index (χ2n) is 5.50. The second kappa shape index (κ2) is 7.06. The number of nitrogens with one attached hydrogen (secondary N) is 1. The number of anilines is 1. The molecular formula is C18H16FN3O2S. The highest BCUT2D eigenvalue weighted by Gasteiger charge is 2.19. The summed E-state index contributed by atoms with van der Waals surface area (Å²) in [5, 5.41) is 2.95. The molecule has 1 amide bonds. The summed E-state index contributed by atoms with van der Waals surface area (Å²) in [6, 6.07) is 13.0. The Morgan fingerprint density at radius 2 is 1.88 bits per heavy atom. The summed E-state index contributed by atoms with van der Waals surface area (Å²) in [4.78, 5) is 29.2. The fourth-order valence-corrected chi connectivity index (χ4v) is 3.19. The van der Waals surface area contributed by atoms with E-state index in [1.165, 1.54) is 16.7 Å². The number of carbonyl (C=O) groups is 1. The van der Waals surface area contributed by atoms with Gasteiger partial charge in [0.1, 0.15) is 5.82 Å². The second-order valence-corrected chi connectivity index (χ2v) is 6.81. The summed E-state index contributed by atoms with van der Waals surface area (Å²) in [7, 11) is 1.62. The minimum absolute atomic E-state index is 0.125. The van der Waals surface area contributed by atoms with Crippen LogP contribution in [-0.2, 0) is 11.8 Å². The average Bonchev–Trinajstić information content (AvgIpc) is 2.61. The Morgan fingerprint density at radius 3 is 2.64 bits per heavy atom. The van der Waals surface area contributed by atoms with Crippen LogP contribution in [0.3, 0.4) is 0 Å². The first-order chi connectivity index (χ1) is 12.0. The standard InChI is InChI=1S/C18H16FN3O2S/c1-11(16(23)20-15-10-6-4-8-13(15)19)25-18-21-14-9-5-3-7-12(14)17(24)22(18)2/h3-11H,1-2H3,(H,20,23). The third-order valence-corrected chi connectivity index (χ3v) is 4.87. The normalized spacial score (nSPS) is 12.1. The molecule has 0 aliphatic rings. The zero-order valence-corrected chi connectivity index (χ0v) is 14.5. The number of hydrogen-bond donors (Lipinski definition) is 1. The Morgan fingerprint density at radius 1 is 1.20 bits per heavy atom. The minimum atomic E-state index is -0.557. The van der Waals surface area contributed by atoms with Gasteiger partial charge in [-0.3, -0.25) is 14.2 Å². The van der Waals surface area contributed by atoms with Gasteiger partial charge < -0.3 is 5.32 Å². The van der Waals surface area contributed by atoms with E-state index in [1.54, 1.807) is 50.4 Å². The number of amides is 1. The van der Waals surface area contributed by atoms with Crippen molar-refractivity contribution >= 4 is 34.3 Å². The van der Waals surface area contributed by atoms with Crippen LogP contribution >= 0.6 is 11.8 Å². The summed E-state index contributed by atoms with van der Waals surface area (Å²) >= 11 is 1.15. The molecule has 0 aliphatic heterocycles. The Labute approximate surface area is 147 Å². The molecule has 1 unspecified atom stereocenters. The Hall–Kier alpha value is -2.67. The molecule has 7 heteroatoms. The lowest BCUT2D eigenvalue weighted by molar-refractivity contribution is -0.115. The summed E-state index contributed by atoms with van der Waals surface area (Å²) in [5.41, 5.74) is 0.532. The molecule has 0 spiro atoms. The Kier molecular flexibility index (Phi) is 4.85. The van der Waals surface area contributed by atoms with E-state index in [4.69, 9.17) is 0 Å². The molecule has 3 rings (SSSR count). The first-order valence-electron chi connectivity index (χ1n) is 7.65. The number of benzene rings is 2. The number of aromatic nitrogens is 2. The van der Waals surface area contributed by atoms with Crippen LogP contribution in [0, 0.1) is 5.82 Å². The SMILES string of the molecule is CC(Sc1nc2ccccc2c(=O)n1C)C(=O)Nc1ccccc1F. The fraction of sp³-hybridized carbons (Fsp3) is 0.167. The molecule has 0 fully saturated rings. The molecule has 1 N–H and O–H groups in total. The van der Waals surface area contributed by atoms with Crippen LogP contribution in [-0.4, -0.2) is 20.7 Å². The van der Waals surface area contributed by atoms with Gasteiger partial charge in [-0.1, -0.05) is 36.0 Å². The number of fused-ring (bicyclic) bond motifs is 1. The first-order valence-corrected chi connectivity index (χ1v) is 8.53. The lowest BCUT2D eigenvalue weighted by Crippen LogP contribution is -2.25. The van der Waals surface area contributed by atoms with Gasteiger partial charge in [0, 0.05) is 7.05 Å². The van der Waals surface area contributed by atoms with E-state index >= 15 is 0 Å². The highest BCUT2D eigenvalue weighted by atomic mass is 32.2. The van der Waals surface area contributed by atoms with E-state index in [2.05, 4.69) is 10.3 Å². The van der Waals surface area contributed by atoms with E-state index in [0.717, 1.165) is 11.8 Å². The van der Waals surface area contributed by atoms with Crippen LogP contribution in [0.2, 0.25) is 0 Å². The lowest BCUT2D eigenvalue weighted by atomic mass is 10.2. The van der Waals surface area contributed by atoms with Crippen molar-refractivity contribution < 1.29 is 9.18 Å². The zero-order chi connectivity index (χ0) is 18.0. The van der Waals surface area contributed by atoms with E-state index in [1.807, 2.05) is 0 Å². The van der Waals surface area contributed by atoms with E-state index in [9.17, 15) is 14.0 Å². The van der Waals surface area contributed by atoms with Crippen LogP contribution in [0.5, 0.6) is 0 Å². The average molecular weight is 357 g/mol. The smallest absolute Gasteiger partial charge is 0.261 e. The first kappa shape index (κ1) is 17.2. The Balaban J connectivity index is 1.83. The zero-order valence-electron chi connectivity index (χ0n) is 13.7. The number of thioether (sulfide) groups is 1. The molecule has 0 radical (unpaired) electrons. The van der Waals surface area contributed by atoms with Gasteiger partial charge in [0.2, 0.25) is 5.91 Å². The third kappa shape index (κ3) is 3.56. The highest BCUT2D eigenvalue weighted by Crippen LogP contribution is 2.23. The molecule has 1 atom stereocenters. The molecule has 1 aromatic heterocycles. The van der Waals surface area contributed by atoms with Gasteiger partial charge in [-0.05, 0) is 31.2 Å². The molecular weight excluding hydrogens is 341 g/mol. The molecule has 0 aliphatic carbocycles. The van der Waals surface area contributed by atoms with Crippen LogP contribution in [0.1, 0.15) is 6.92 Å². The summed E-state index contributed by atoms with van der Waals surface area (Å²) in [5.74, 6) is -0.859. The van der Waals surface area contributed by atoms with E-state index in [0.29, 0.717) is 16.1 Å². The predicted molar refractivity (Wildman–Crippen MR) is 97.3 cm³/mol. The van der Waals surface area contributed by atoms with Gasteiger partial charge in [-0.25, -0.2) is 9.37 Å². The molecule has 128 valence electrons. The minimum Gasteiger partial charge on any atom is -0.323 e. The quantitative estimate of drug-likeness (QED) is 0.575. The molecule has 25 heavy (non-hydrogen) atoms. The molecule has 1 heterocycles. The maximum Gasteiger partial charge on any atom is 0.261 e. The Bertz CT molecular complexity index is 1000. The van der Waals surface area contributed by atoms with Crippen LogP contribution in [0.4, 0.5) is 10.1 Å². The lowest BCUT2D eigenvalue weighted by Gasteiger charge is -2.14. The summed E-state index contributed by atoms with van der Waals surface area (Å²) in [6.07, 6.45) is 0. The third-order valence-electron chi connectivity index (χ3n) is 3.73. The number of para-hydroxylation sites is 2. The van der Waals surface area contributed by atoms with Gasteiger partial charge in [0.15, 0.2) is 5.16 Å². The highest BCUT2D eigenvalue weighted by molar-refractivity contribution is 8.00. The van der Waals surface area contributed by atoms with Crippen molar-refractivity contribution in [2.24, 2.45) is 7.05 Å². The molecule has 0 saturated heterocycles. The number of halogens is 1. The molecule has 3 aromatic rings.